The van der Waals surface area contributed by atoms with Gasteiger partial charge in [0.05, 0.1) is 12.7 Å². The minimum absolute atomic E-state index is 0.0457. The Kier molecular flexibility index (Phi) is 7.80. The van der Waals surface area contributed by atoms with Gasteiger partial charge in [-0.15, -0.1) is 0 Å². The first-order valence-electron chi connectivity index (χ1n) is 9.74. The predicted molar refractivity (Wildman–Crippen MR) is 107 cm³/mol. The van der Waals surface area contributed by atoms with Gasteiger partial charge in [-0.25, -0.2) is 0 Å². The summed E-state index contributed by atoms with van der Waals surface area (Å²) in [5.41, 5.74) is 7.29. The van der Waals surface area contributed by atoms with E-state index in [4.69, 9.17) is 10.5 Å². The van der Waals surface area contributed by atoms with E-state index in [1.165, 1.54) is 0 Å². The molecule has 0 bridgehead atoms. The Hall–Kier alpha value is -1.92. The lowest BCUT2D eigenvalue weighted by molar-refractivity contribution is -0.119. The van der Waals surface area contributed by atoms with Crippen molar-refractivity contribution in [2.45, 2.75) is 39.7 Å². The molecule has 1 heterocycles. The standard InChI is InChI=1S/C21H33N3O3/c1-17(8-9-22)27-15-21(2,3)14-18-6-4-5-7-19(18)20(26)24-12-10-23(16-25)11-13-24/h4-7,16-17H,8-15,22H2,1-3H3. The Bertz CT molecular complexity index is 625. The van der Waals surface area contributed by atoms with Gasteiger partial charge in [-0.05, 0) is 43.4 Å². The first-order chi connectivity index (χ1) is 12.9. The smallest absolute Gasteiger partial charge is 0.254 e. The molecule has 1 atom stereocenters. The molecule has 150 valence electrons. The summed E-state index contributed by atoms with van der Waals surface area (Å²) in [6, 6.07) is 7.81. The second-order valence-corrected chi connectivity index (χ2v) is 8.13. The first-order valence-corrected chi connectivity index (χ1v) is 9.74. The summed E-state index contributed by atoms with van der Waals surface area (Å²) < 4.78 is 5.95. The van der Waals surface area contributed by atoms with Gasteiger partial charge >= 0.3 is 0 Å². The summed E-state index contributed by atoms with van der Waals surface area (Å²) in [6.07, 6.45) is 2.60. The molecule has 1 unspecified atom stereocenters. The van der Waals surface area contributed by atoms with Gasteiger partial charge < -0.3 is 20.3 Å². The van der Waals surface area contributed by atoms with Gasteiger partial charge in [0.25, 0.3) is 5.91 Å². The maximum atomic E-state index is 13.0. The molecule has 0 spiro atoms. The maximum absolute atomic E-state index is 13.0. The van der Waals surface area contributed by atoms with Gasteiger partial charge in [0.1, 0.15) is 0 Å². The molecule has 0 saturated carbocycles. The van der Waals surface area contributed by atoms with Gasteiger partial charge in [-0.3, -0.25) is 9.59 Å². The molecule has 1 aromatic rings. The van der Waals surface area contributed by atoms with Gasteiger partial charge in [-0.2, -0.15) is 0 Å². The van der Waals surface area contributed by atoms with Crippen LogP contribution in [-0.2, 0) is 16.0 Å². The van der Waals surface area contributed by atoms with E-state index in [9.17, 15) is 9.59 Å². The van der Waals surface area contributed by atoms with Crippen LogP contribution < -0.4 is 5.73 Å². The van der Waals surface area contributed by atoms with Crippen LogP contribution in [0.3, 0.4) is 0 Å². The van der Waals surface area contributed by atoms with Crippen LogP contribution in [0.1, 0.15) is 43.1 Å². The highest BCUT2D eigenvalue weighted by atomic mass is 16.5. The van der Waals surface area contributed by atoms with Crippen LogP contribution in [0.15, 0.2) is 24.3 Å². The molecular weight excluding hydrogens is 342 g/mol. The van der Waals surface area contributed by atoms with Crippen LogP contribution in [-0.4, -0.2) is 67.6 Å². The van der Waals surface area contributed by atoms with Crippen LogP contribution in [0.25, 0.3) is 0 Å². The summed E-state index contributed by atoms with van der Waals surface area (Å²) >= 11 is 0. The molecule has 1 fully saturated rings. The number of carbonyl (C=O) groups is 2. The van der Waals surface area contributed by atoms with E-state index in [0.29, 0.717) is 39.3 Å². The number of benzene rings is 1. The SMILES string of the molecule is CC(CCN)OCC(C)(C)Cc1ccccc1C(=O)N1CCN(C=O)CC1. The molecule has 2 rings (SSSR count). The van der Waals surface area contributed by atoms with E-state index in [-0.39, 0.29) is 17.4 Å². The number of nitrogens with zero attached hydrogens (tertiary/aromatic N) is 2. The van der Waals surface area contributed by atoms with E-state index in [1.807, 2.05) is 36.1 Å². The second-order valence-electron chi connectivity index (χ2n) is 8.13. The third kappa shape index (κ3) is 6.33. The maximum Gasteiger partial charge on any atom is 0.254 e. The quantitative estimate of drug-likeness (QED) is 0.669. The number of hydrogen-bond acceptors (Lipinski definition) is 4. The zero-order valence-electron chi connectivity index (χ0n) is 16.8. The fraction of sp³-hybridized carbons (Fsp3) is 0.619. The molecule has 1 aliphatic rings. The van der Waals surface area contributed by atoms with Crippen molar-refractivity contribution in [3.8, 4) is 0 Å². The van der Waals surface area contributed by atoms with E-state index in [0.717, 1.165) is 30.4 Å². The summed E-state index contributed by atoms with van der Waals surface area (Å²) in [4.78, 5) is 27.4. The van der Waals surface area contributed by atoms with Crippen LogP contribution >= 0.6 is 0 Å². The predicted octanol–water partition coefficient (Wildman–Crippen LogP) is 1.92. The second kappa shape index (κ2) is 9.85. The lowest BCUT2D eigenvalue weighted by atomic mass is 9.84. The highest BCUT2D eigenvalue weighted by Crippen LogP contribution is 2.26. The van der Waals surface area contributed by atoms with Crippen molar-refractivity contribution in [3.63, 3.8) is 0 Å². The number of amides is 2. The van der Waals surface area contributed by atoms with Crippen LogP contribution in [0, 0.1) is 5.41 Å². The van der Waals surface area contributed by atoms with Crippen LogP contribution in [0.2, 0.25) is 0 Å². The normalized spacial score (nSPS) is 16.3. The van der Waals surface area contributed by atoms with E-state index >= 15 is 0 Å². The Morgan fingerprint density at radius 2 is 1.93 bits per heavy atom. The van der Waals surface area contributed by atoms with Crippen molar-refractivity contribution in [1.29, 1.82) is 0 Å². The van der Waals surface area contributed by atoms with Crippen molar-refractivity contribution in [1.82, 2.24) is 9.80 Å². The Balaban J connectivity index is 2.04. The van der Waals surface area contributed by atoms with Gasteiger partial charge in [0.15, 0.2) is 0 Å². The molecule has 1 saturated heterocycles. The van der Waals surface area contributed by atoms with E-state index < -0.39 is 0 Å². The van der Waals surface area contributed by atoms with E-state index in [1.54, 1.807) is 4.90 Å². The van der Waals surface area contributed by atoms with Crippen LogP contribution in [0.4, 0.5) is 0 Å². The lowest BCUT2D eigenvalue weighted by Gasteiger charge is -2.33. The summed E-state index contributed by atoms with van der Waals surface area (Å²) in [6.45, 7) is 9.94. The lowest BCUT2D eigenvalue weighted by Crippen LogP contribution is -2.48. The van der Waals surface area contributed by atoms with Crippen molar-refractivity contribution in [2.75, 3.05) is 39.3 Å². The number of ether oxygens (including phenoxy) is 1. The molecule has 2 N–H and O–H groups in total. The molecule has 6 nitrogen and oxygen atoms in total. The molecule has 0 radical (unpaired) electrons. The minimum Gasteiger partial charge on any atom is -0.378 e. The highest BCUT2D eigenvalue weighted by molar-refractivity contribution is 5.95. The highest BCUT2D eigenvalue weighted by Gasteiger charge is 2.26. The molecule has 2 amide bonds. The Morgan fingerprint density at radius 1 is 1.26 bits per heavy atom. The van der Waals surface area contributed by atoms with E-state index in [2.05, 4.69) is 13.8 Å². The fourth-order valence-electron chi connectivity index (χ4n) is 3.34. The number of piperazine rings is 1. The van der Waals surface area contributed by atoms with Crippen molar-refractivity contribution < 1.29 is 14.3 Å². The molecule has 1 aliphatic heterocycles. The third-order valence-corrected chi connectivity index (χ3v) is 5.00. The van der Waals surface area contributed by atoms with Gasteiger partial charge in [0, 0.05) is 31.7 Å². The topological polar surface area (TPSA) is 75.9 Å². The first kappa shape index (κ1) is 21.4. The van der Waals surface area contributed by atoms with Gasteiger partial charge in [-0.1, -0.05) is 32.0 Å². The molecule has 1 aromatic carbocycles. The Morgan fingerprint density at radius 3 is 2.56 bits per heavy atom. The van der Waals surface area contributed by atoms with Crippen molar-refractivity contribution in [2.24, 2.45) is 11.1 Å². The van der Waals surface area contributed by atoms with Crippen molar-refractivity contribution in [3.05, 3.63) is 35.4 Å². The van der Waals surface area contributed by atoms with Crippen LogP contribution in [0.5, 0.6) is 0 Å². The summed E-state index contributed by atoms with van der Waals surface area (Å²) in [5, 5.41) is 0. The number of rotatable bonds is 9. The fourth-order valence-corrected chi connectivity index (χ4v) is 3.34. The zero-order valence-corrected chi connectivity index (χ0v) is 16.8. The number of nitrogens with two attached hydrogens (primary N) is 1. The number of carbonyl (C=O) groups excluding carboxylic acids is 2. The molecule has 27 heavy (non-hydrogen) atoms. The zero-order chi connectivity index (χ0) is 19.9. The largest absolute Gasteiger partial charge is 0.378 e. The average molecular weight is 376 g/mol. The van der Waals surface area contributed by atoms with Gasteiger partial charge in [0.2, 0.25) is 6.41 Å². The molecule has 0 aromatic heterocycles. The molecule has 6 heteroatoms. The monoisotopic (exact) mass is 375 g/mol. The molecular formula is C21H33N3O3. The minimum atomic E-state index is -0.0878. The number of hydrogen-bond donors (Lipinski definition) is 1. The Labute approximate surface area is 162 Å². The average Bonchev–Trinajstić information content (AvgIpc) is 2.66. The summed E-state index contributed by atoms with van der Waals surface area (Å²) in [7, 11) is 0. The molecule has 0 aliphatic carbocycles. The summed E-state index contributed by atoms with van der Waals surface area (Å²) in [5.74, 6) is 0.0457. The third-order valence-electron chi connectivity index (χ3n) is 5.00. The van der Waals surface area contributed by atoms with Crippen molar-refractivity contribution >= 4 is 12.3 Å².